The highest BCUT2D eigenvalue weighted by Gasteiger charge is 2.29. The number of nitrogens with zero attached hydrogens (tertiary/aromatic N) is 2. The van der Waals surface area contributed by atoms with Crippen molar-refractivity contribution in [1.82, 2.24) is 4.90 Å². The fourth-order valence-corrected chi connectivity index (χ4v) is 3.18. The Morgan fingerprint density at radius 2 is 2.04 bits per heavy atom. The zero-order valence-electron chi connectivity index (χ0n) is 12.9. The number of thioether (sulfide) groups is 1. The first-order valence-electron chi connectivity index (χ1n) is 7.41. The van der Waals surface area contributed by atoms with Gasteiger partial charge in [0, 0.05) is 6.54 Å². The highest BCUT2D eigenvalue weighted by Crippen LogP contribution is 2.23. The van der Waals surface area contributed by atoms with E-state index in [0.29, 0.717) is 28.2 Å². The Morgan fingerprint density at radius 3 is 2.78 bits per heavy atom. The van der Waals surface area contributed by atoms with Crippen LogP contribution < -0.4 is 5.43 Å². The molecule has 0 bridgehead atoms. The van der Waals surface area contributed by atoms with Crippen molar-refractivity contribution >= 4 is 39.9 Å². The molecule has 0 spiro atoms. The molecule has 0 radical (unpaired) electrons. The number of benzene rings is 1. The molecule has 2 heterocycles. The monoisotopic (exact) mass is 328 g/mol. The van der Waals surface area contributed by atoms with E-state index >= 15 is 0 Å². The van der Waals surface area contributed by atoms with Crippen molar-refractivity contribution in [1.29, 1.82) is 0 Å². The van der Waals surface area contributed by atoms with E-state index in [0.717, 1.165) is 5.75 Å². The van der Waals surface area contributed by atoms with Gasteiger partial charge in [-0.3, -0.25) is 14.5 Å². The first-order chi connectivity index (χ1) is 11.2. The van der Waals surface area contributed by atoms with Gasteiger partial charge in [0.1, 0.15) is 17.5 Å². The third kappa shape index (κ3) is 2.82. The van der Waals surface area contributed by atoms with Crippen molar-refractivity contribution in [3.05, 3.63) is 52.0 Å². The fraction of sp³-hybridized carbons (Fsp3) is 0.235. The van der Waals surface area contributed by atoms with Crippen molar-refractivity contribution in [3.63, 3.8) is 0 Å². The minimum absolute atomic E-state index is 0.165. The number of rotatable bonds is 3. The Labute approximate surface area is 137 Å². The van der Waals surface area contributed by atoms with Crippen LogP contribution in [0.15, 0.2) is 50.4 Å². The van der Waals surface area contributed by atoms with Gasteiger partial charge in [0.2, 0.25) is 0 Å². The number of likely N-dealkylation sites (N-methyl/N-ethyl adjacent to an activating group) is 1. The van der Waals surface area contributed by atoms with Crippen LogP contribution >= 0.6 is 11.8 Å². The molecule has 2 aromatic rings. The molecule has 23 heavy (non-hydrogen) atoms. The summed E-state index contributed by atoms with van der Waals surface area (Å²) in [6.45, 7) is 4.45. The molecule has 0 fully saturated rings. The van der Waals surface area contributed by atoms with Crippen LogP contribution in [0.1, 0.15) is 19.4 Å². The Hall–Kier alpha value is -2.34. The van der Waals surface area contributed by atoms with Crippen LogP contribution in [0.3, 0.4) is 0 Å². The number of amidine groups is 1. The van der Waals surface area contributed by atoms with Crippen LogP contribution in [-0.2, 0) is 4.79 Å². The lowest BCUT2D eigenvalue weighted by Crippen LogP contribution is -2.30. The van der Waals surface area contributed by atoms with Gasteiger partial charge in [-0.1, -0.05) is 30.8 Å². The van der Waals surface area contributed by atoms with Crippen LogP contribution in [-0.4, -0.2) is 28.3 Å². The molecule has 0 saturated carbocycles. The lowest BCUT2D eigenvalue weighted by molar-refractivity contribution is -0.122. The smallest absolute Gasteiger partial charge is 0.278 e. The van der Waals surface area contributed by atoms with Gasteiger partial charge in [-0.15, -0.1) is 0 Å². The number of fused-ring (bicyclic) bond motifs is 1. The van der Waals surface area contributed by atoms with E-state index in [2.05, 4.69) is 4.99 Å². The summed E-state index contributed by atoms with van der Waals surface area (Å²) in [7, 11) is 0. The lowest BCUT2D eigenvalue weighted by atomic mass is 10.1. The average Bonchev–Trinajstić information content (AvgIpc) is 2.86. The number of para-hydroxylation sites is 1. The minimum atomic E-state index is -0.184. The van der Waals surface area contributed by atoms with Gasteiger partial charge in [0.25, 0.3) is 5.91 Å². The minimum Gasteiger partial charge on any atom is -0.463 e. The molecule has 3 rings (SSSR count). The molecule has 1 aliphatic heterocycles. The number of amides is 1. The summed E-state index contributed by atoms with van der Waals surface area (Å²) in [5.74, 6) is 0.643. The summed E-state index contributed by atoms with van der Waals surface area (Å²) < 4.78 is 5.47. The van der Waals surface area contributed by atoms with Crippen LogP contribution in [0.4, 0.5) is 0 Å². The molecule has 6 heteroatoms. The summed E-state index contributed by atoms with van der Waals surface area (Å²) in [4.78, 5) is 30.9. The van der Waals surface area contributed by atoms with Gasteiger partial charge in [0.05, 0.1) is 10.9 Å². The maximum atomic E-state index is 12.5. The first kappa shape index (κ1) is 15.6. The summed E-state index contributed by atoms with van der Waals surface area (Å²) in [5, 5.41) is 1.17. The summed E-state index contributed by atoms with van der Waals surface area (Å²) >= 11 is 1.51. The summed E-state index contributed by atoms with van der Waals surface area (Å²) in [5.41, 5.74) is 0.959. The molecule has 1 aromatic heterocycles. The molecule has 0 atom stereocenters. The summed E-state index contributed by atoms with van der Waals surface area (Å²) in [6.07, 6.45) is 2.88. The summed E-state index contributed by atoms with van der Waals surface area (Å²) in [6, 6.07) is 7.03. The predicted octanol–water partition coefficient (Wildman–Crippen LogP) is 3.11. The number of carbonyl (C=O) groups is 1. The van der Waals surface area contributed by atoms with E-state index in [1.54, 1.807) is 23.1 Å². The van der Waals surface area contributed by atoms with Gasteiger partial charge < -0.3 is 4.42 Å². The maximum Gasteiger partial charge on any atom is 0.278 e. The zero-order valence-corrected chi connectivity index (χ0v) is 13.7. The molecule has 0 aliphatic carbocycles. The predicted molar refractivity (Wildman–Crippen MR) is 93.4 cm³/mol. The first-order valence-corrected chi connectivity index (χ1v) is 8.39. The molecule has 1 aromatic carbocycles. The van der Waals surface area contributed by atoms with Gasteiger partial charge in [-0.25, -0.2) is 4.99 Å². The van der Waals surface area contributed by atoms with Crippen LogP contribution in [0.5, 0.6) is 0 Å². The Morgan fingerprint density at radius 1 is 1.26 bits per heavy atom. The zero-order chi connectivity index (χ0) is 16.4. The molecule has 1 aliphatic rings. The highest BCUT2D eigenvalue weighted by molar-refractivity contribution is 8.13. The topological polar surface area (TPSA) is 62.9 Å². The Kier molecular flexibility index (Phi) is 4.34. The fourth-order valence-electron chi connectivity index (χ4n) is 2.39. The van der Waals surface area contributed by atoms with Crippen molar-refractivity contribution in [2.75, 3.05) is 12.3 Å². The Bertz CT molecular complexity index is 883. The van der Waals surface area contributed by atoms with Gasteiger partial charge >= 0.3 is 0 Å². The van der Waals surface area contributed by atoms with E-state index in [-0.39, 0.29) is 17.0 Å². The second-order valence-electron chi connectivity index (χ2n) is 4.92. The maximum absolute atomic E-state index is 12.5. The van der Waals surface area contributed by atoms with Crippen LogP contribution in [0.25, 0.3) is 17.0 Å². The Balaban J connectivity index is 2.06. The molecule has 0 N–H and O–H groups in total. The van der Waals surface area contributed by atoms with Gasteiger partial charge in [-0.05, 0) is 30.9 Å². The van der Waals surface area contributed by atoms with E-state index in [1.165, 1.54) is 24.1 Å². The molecule has 0 unspecified atom stereocenters. The van der Waals surface area contributed by atoms with Crippen LogP contribution in [0.2, 0.25) is 0 Å². The number of hydrogen-bond acceptors (Lipinski definition) is 5. The molecule has 5 nitrogen and oxygen atoms in total. The average molecular weight is 328 g/mol. The standard InChI is InChI=1S/C17H16N2O3S/c1-3-19-16(21)13(18-17(19)23-4-2)9-11-10-22-14-8-6-5-7-12(14)15(11)20/h5-10H,3-4H2,1-2H3. The quantitative estimate of drug-likeness (QED) is 0.812. The molecule has 118 valence electrons. The molecule has 0 saturated heterocycles. The number of carbonyl (C=O) groups excluding carboxylic acids is 1. The van der Waals surface area contributed by atoms with E-state index in [9.17, 15) is 9.59 Å². The lowest BCUT2D eigenvalue weighted by Gasteiger charge is -2.13. The third-order valence-electron chi connectivity index (χ3n) is 3.50. The highest BCUT2D eigenvalue weighted by atomic mass is 32.2. The van der Waals surface area contributed by atoms with E-state index in [4.69, 9.17) is 4.42 Å². The number of aliphatic imine (C=N–C) groups is 1. The van der Waals surface area contributed by atoms with Gasteiger partial charge in [-0.2, -0.15) is 0 Å². The SMILES string of the molecule is CCSC1=NC(=Cc2coc3ccccc3c2=O)C(=O)N1CC. The second-order valence-corrected chi connectivity index (χ2v) is 6.15. The van der Waals surface area contributed by atoms with Crippen molar-refractivity contribution in [2.24, 2.45) is 4.99 Å². The van der Waals surface area contributed by atoms with E-state index in [1.807, 2.05) is 19.9 Å². The van der Waals surface area contributed by atoms with Crippen molar-refractivity contribution in [3.8, 4) is 0 Å². The normalized spacial score (nSPS) is 16.4. The van der Waals surface area contributed by atoms with E-state index < -0.39 is 0 Å². The van der Waals surface area contributed by atoms with Crippen molar-refractivity contribution in [2.45, 2.75) is 13.8 Å². The van der Waals surface area contributed by atoms with Gasteiger partial charge in [0.15, 0.2) is 10.6 Å². The van der Waals surface area contributed by atoms with Crippen LogP contribution in [0, 0.1) is 0 Å². The second kappa shape index (κ2) is 6.42. The molecular formula is C17H16N2O3S. The third-order valence-corrected chi connectivity index (χ3v) is 4.36. The number of hydrogen-bond donors (Lipinski definition) is 0. The molecular weight excluding hydrogens is 312 g/mol. The largest absolute Gasteiger partial charge is 0.463 e. The van der Waals surface area contributed by atoms with Crippen molar-refractivity contribution < 1.29 is 9.21 Å². The molecule has 1 amide bonds.